The van der Waals surface area contributed by atoms with Gasteiger partial charge in [-0.3, -0.25) is 14.9 Å². The van der Waals surface area contributed by atoms with E-state index in [2.05, 4.69) is 10.6 Å². The van der Waals surface area contributed by atoms with Crippen molar-refractivity contribution >= 4 is 34.9 Å². The zero-order valence-corrected chi connectivity index (χ0v) is 16.4. The Morgan fingerprint density at radius 3 is 2.66 bits per heavy atom. The maximum absolute atomic E-state index is 12.4. The van der Waals surface area contributed by atoms with Crippen LogP contribution in [0.4, 0.5) is 11.4 Å². The van der Waals surface area contributed by atoms with Gasteiger partial charge in [0.2, 0.25) is 0 Å². The van der Waals surface area contributed by atoms with Crippen LogP contribution in [0.1, 0.15) is 15.9 Å². The summed E-state index contributed by atoms with van der Waals surface area (Å²) in [5.41, 5.74) is 0.769. The van der Waals surface area contributed by atoms with E-state index in [9.17, 15) is 19.7 Å². The van der Waals surface area contributed by atoms with Gasteiger partial charge in [0.05, 0.1) is 17.1 Å². The van der Waals surface area contributed by atoms with Gasteiger partial charge >= 0.3 is 5.97 Å². The molecule has 29 heavy (non-hydrogen) atoms. The SMILES string of the molecule is COCCNC(=O)COC(=O)c1cc([N+](=O)[O-])ccc1NCc1ccccc1Cl. The highest BCUT2D eigenvalue weighted by Crippen LogP contribution is 2.24. The molecule has 0 bridgehead atoms. The first-order chi connectivity index (χ1) is 13.9. The third kappa shape index (κ3) is 6.74. The number of hydrogen-bond donors (Lipinski definition) is 2. The van der Waals surface area contributed by atoms with Gasteiger partial charge in [-0.2, -0.15) is 0 Å². The number of rotatable bonds is 10. The highest BCUT2D eigenvalue weighted by atomic mass is 35.5. The number of carbonyl (C=O) groups is 2. The Morgan fingerprint density at radius 1 is 1.21 bits per heavy atom. The molecule has 0 spiro atoms. The van der Waals surface area contributed by atoms with Crippen LogP contribution < -0.4 is 10.6 Å². The van der Waals surface area contributed by atoms with Gasteiger partial charge in [0.15, 0.2) is 6.61 Å². The van der Waals surface area contributed by atoms with Crippen LogP contribution in [0, 0.1) is 10.1 Å². The van der Waals surface area contributed by atoms with E-state index in [0.717, 1.165) is 11.6 Å². The van der Waals surface area contributed by atoms with E-state index < -0.39 is 23.4 Å². The topological polar surface area (TPSA) is 120 Å². The molecule has 9 nitrogen and oxygen atoms in total. The highest BCUT2D eigenvalue weighted by Gasteiger charge is 2.19. The second kappa shape index (κ2) is 11.0. The maximum atomic E-state index is 12.4. The maximum Gasteiger partial charge on any atom is 0.341 e. The molecule has 10 heteroatoms. The first-order valence-corrected chi connectivity index (χ1v) is 8.98. The summed E-state index contributed by atoms with van der Waals surface area (Å²) in [6.07, 6.45) is 0. The van der Waals surface area contributed by atoms with Crippen LogP contribution in [0.3, 0.4) is 0 Å². The minimum atomic E-state index is -0.864. The number of esters is 1. The number of amides is 1. The van der Waals surface area contributed by atoms with E-state index in [1.165, 1.54) is 19.2 Å². The lowest BCUT2D eigenvalue weighted by atomic mass is 10.1. The monoisotopic (exact) mass is 421 g/mol. The molecule has 2 aromatic carbocycles. The van der Waals surface area contributed by atoms with Crippen LogP contribution in [-0.4, -0.2) is 43.7 Å². The van der Waals surface area contributed by atoms with Crippen molar-refractivity contribution < 1.29 is 24.0 Å². The summed E-state index contributed by atoms with van der Waals surface area (Å²) in [6.45, 7) is 0.361. The first-order valence-electron chi connectivity index (χ1n) is 8.61. The predicted molar refractivity (Wildman–Crippen MR) is 107 cm³/mol. The van der Waals surface area contributed by atoms with Crippen LogP contribution in [0.15, 0.2) is 42.5 Å². The second-order valence-electron chi connectivity index (χ2n) is 5.85. The van der Waals surface area contributed by atoms with Crippen LogP contribution in [0.25, 0.3) is 0 Å². The molecule has 0 saturated heterocycles. The van der Waals surface area contributed by atoms with Gasteiger partial charge in [-0.25, -0.2) is 4.79 Å². The zero-order chi connectivity index (χ0) is 21.2. The fourth-order valence-corrected chi connectivity index (χ4v) is 2.56. The molecular weight excluding hydrogens is 402 g/mol. The van der Waals surface area contributed by atoms with Crippen LogP contribution in [0.2, 0.25) is 5.02 Å². The minimum absolute atomic E-state index is 0.0593. The molecular formula is C19H20ClN3O6. The molecule has 0 saturated carbocycles. The number of anilines is 1. The lowest BCUT2D eigenvalue weighted by molar-refractivity contribution is -0.384. The minimum Gasteiger partial charge on any atom is -0.452 e. The summed E-state index contributed by atoms with van der Waals surface area (Å²) in [5.74, 6) is -1.37. The van der Waals surface area contributed by atoms with Crippen molar-refractivity contribution in [1.29, 1.82) is 0 Å². The molecule has 0 aliphatic heterocycles. The average Bonchev–Trinajstić information content (AvgIpc) is 2.71. The number of nitro benzene ring substituents is 1. The predicted octanol–water partition coefficient (Wildman–Crippen LogP) is 2.78. The molecule has 0 aliphatic carbocycles. The number of nitro groups is 1. The van der Waals surface area contributed by atoms with Gasteiger partial charge < -0.3 is 20.1 Å². The summed E-state index contributed by atoms with van der Waals surface area (Å²) in [6, 6.07) is 10.9. The molecule has 0 heterocycles. The Bertz CT molecular complexity index is 890. The van der Waals surface area contributed by atoms with Crippen molar-refractivity contribution in [2.45, 2.75) is 6.54 Å². The summed E-state index contributed by atoms with van der Waals surface area (Å²) in [7, 11) is 1.49. The summed E-state index contributed by atoms with van der Waals surface area (Å²) in [4.78, 5) is 34.6. The first kappa shape index (κ1) is 22.1. The number of nitrogens with zero attached hydrogens (tertiary/aromatic N) is 1. The fraction of sp³-hybridized carbons (Fsp3) is 0.263. The van der Waals surface area contributed by atoms with Gasteiger partial charge in [0.1, 0.15) is 0 Å². The van der Waals surface area contributed by atoms with Crippen molar-refractivity contribution in [1.82, 2.24) is 5.32 Å². The van der Waals surface area contributed by atoms with E-state index in [-0.39, 0.29) is 24.3 Å². The smallest absolute Gasteiger partial charge is 0.341 e. The van der Waals surface area contributed by atoms with E-state index in [4.69, 9.17) is 21.1 Å². The molecule has 0 aromatic heterocycles. The van der Waals surface area contributed by atoms with Crippen molar-refractivity contribution in [3.63, 3.8) is 0 Å². The number of hydrogen-bond acceptors (Lipinski definition) is 7. The standard InChI is InChI=1S/C19H20ClN3O6/c1-28-9-8-21-18(24)12-29-19(25)15-10-14(23(26)27)6-7-17(15)22-11-13-4-2-3-5-16(13)20/h2-7,10,22H,8-9,11-12H2,1H3,(H,21,24). The van der Waals surface area contributed by atoms with Gasteiger partial charge in [0.25, 0.3) is 11.6 Å². The Labute approximate surface area is 172 Å². The number of benzene rings is 2. The molecule has 2 rings (SSSR count). The molecule has 154 valence electrons. The van der Waals surface area contributed by atoms with E-state index in [1.807, 2.05) is 12.1 Å². The Hall–Kier alpha value is -3.17. The number of halogens is 1. The Kier molecular flexibility index (Phi) is 8.38. The van der Waals surface area contributed by atoms with Gasteiger partial charge in [-0.05, 0) is 17.7 Å². The molecule has 1 amide bonds. The molecule has 2 aromatic rings. The zero-order valence-electron chi connectivity index (χ0n) is 15.6. The van der Waals surface area contributed by atoms with Crippen LogP contribution in [-0.2, 0) is 20.8 Å². The van der Waals surface area contributed by atoms with E-state index in [0.29, 0.717) is 17.3 Å². The number of carbonyl (C=O) groups excluding carboxylic acids is 2. The van der Waals surface area contributed by atoms with Crippen molar-refractivity contribution in [3.05, 3.63) is 68.7 Å². The Balaban J connectivity index is 2.11. The molecule has 0 atom stereocenters. The summed E-state index contributed by atoms with van der Waals surface area (Å²) >= 11 is 6.12. The number of ether oxygens (including phenoxy) is 2. The molecule has 0 aliphatic rings. The third-order valence-corrected chi connectivity index (χ3v) is 4.19. The van der Waals surface area contributed by atoms with Gasteiger partial charge in [-0.15, -0.1) is 0 Å². The number of methoxy groups -OCH3 is 1. The van der Waals surface area contributed by atoms with Gasteiger partial charge in [0, 0.05) is 43.0 Å². The van der Waals surface area contributed by atoms with Crippen molar-refractivity contribution in [2.75, 3.05) is 32.2 Å². The average molecular weight is 422 g/mol. The molecule has 2 N–H and O–H groups in total. The number of non-ortho nitro benzene ring substituents is 1. The summed E-state index contributed by atoms with van der Waals surface area (Å²) in [5, 5.41) is 17.1. The molecule has 0 fully saturated rings. The third-order valence-electron chi connectivity index (χ3n) is 3.82. The van der Waals surface area contributed by atoms with Crippen LogP contribution >= 0.6 is 11.6 Å². The normalized spacial score (nSPS) is 10.3. The van der Waals surface area contributed by atoms with Gasteiger partial charge in [-0.1, -0.05) is 29.8 Å². The van der Waals surface area contributed by atoms with Crippen molar-refractivity contribution in [2.24, 2.45) is 0 Å². The van der Waals surface area contributed by atoms with E-state index in [1.54, 1.807) is 12.1 Å². The number of nitrogens with one attached hydrogen (secondary N) is 2. The summed E-state index contributed by atoms with van der Waals surface area (Å²) < 4.78 is 9.80. The highest BCUT2D eigenvalue weighted by molar-refractivity contribution is 6.31. The lowest BCUT2D eigenvalue weighted by Crippen LogP contribution is -2.31. The second-order valence-corrected chi connectivity index (χ2v) is 6.26. The van der Waals surface area contributed by atoms with E-state index >= 15 is 0 Å². The molecule has 0 unspecified atom stereocenters. The largest absolute Gasteiger partial charge is 0.452 e. The molecule has 0 radical (unpaired) electrons. The fourth-order valence-electron chi connectivity index (χ4n) is 2.35. The lowest BCUT2D eigenvalue weighted by Gasteiger charge is -2.13. The quantitative estimate of drug-likeness (QED) is 0.262. The van der Waals surface area contributed by atoms with Crippen LogP contribution in [0.5, 0.6) is 0 Å². The Morgan fingerprint density at radius 2 is 1.97 bits per heavy atom. The van der Waals surface area contributed by atoms with Crippen molar-refractivity contribution in [3.8, 4) is 0 Å².